The van der Waals surface area contributed by atoms with Crippen LogP contribution in [0.5, 0.6) is 0 Å². The van der Waals surface area contributed by atoms with Crippen molar-refractivity contribution in [3.63, 3.8) is 0 Å². The zero-order valence-corrected chi connectivity index (χ0v) is 37.2. The number of nitrogens with zero attached hydrogens (tertiary/aromatic N) is 2. The molecule has 55 heavy (non-hydrogen) atoms. The van der Waals surface area contributed by atoms with Crippen molar-refractivity contribution >= 4 is 17.8 Å². The molecule has 1 aliphatic carbocycles. The predicted molar refractivity (Wildman–Crippen MR) is 234 cm³/mol. The highest BCUT2D eigenvalue weighted by molar-refractivity contribution is 5.87. The van der Waals surface area contributed by atoms with E-state index in [9.17, 15) is 14.4 Å². The molecule has 2 amide bonds. The Labute approximate surface area is 341 Å². The first-order valence-corrected chi connectivity index (χ1v) is 24.0. The summed E-state index contributed by atoms with van der Waals surface area (Å²) in [7, 11) is 0. The van der Waals surface area contributed by atoms with Crippen LogP contribution < -0.4 is 5.32 Å². The second-order valence-corrected chi connectivity index (χ2v) is 16.7. The molecule has 0 spiro atoms. The predicted octanol–water partition coefficient (Wildman–Crippen LogP) is 12.5. The fourth-order valence-electron chi connectivity index (χ4n) is 8.05. The zero-order valence-electron chi connectivity index (χ0n) is 37.2. The molecule has 1 fully saturated rings. The number of ether oxygens (including phenoxy) is 1. The maximum absolute atomic E-state index is 14.1. The van der Waals surface area contributed by atoms with E-state index in [1.807, 2.05) is 4.90 Å². The Morgan fingerprint density at radius 3 is 1.84 bits per heavy atom. The average molecular weight is 774 g/mol. The van der Waals surface area contributed by atoms with Gasteiger partial charge in [0.2, 0.25) is 11.8 Å². The number of rotatable bonds is 36. The number of carbonyl (C=O) groups excluding carboxylic acids is 3. The highest BCUT2D eigenvalue weighted by Gasteiger charge is 2.30. The molecule has 0 aromatic carbocycles. The molecule has 1 rings (SSSR count). The SMILES string of the molecule is CCCC/C=C\CCCCCCCCCC(C(=O)NC1CCCCCC1)N(CCCN(CC)CC)C(=O)CCCCCCCC(=O)OCC(CC)CCCC. The van der Waals surface area contributed by atoms with Gasteiger partial charge < -0.3 is 19.9 Å². The van der Waals surface area contributed by atoms with Crippen molar-refractivity contribution in [1.29, 1.82) is 0 Å². The van der Waals surface area contributed by atoms with Crippen molar-refractivity contribution in [2.24, 2.45) is 5.92 Å². The number of nitrogens with one attached hydrogen (secondary N) is 1. The molecule has 0 saturated heterocycles. The van der Waals surface area contributed by atoms with E-state index in [0.717, 1.165) is 103 Å². The van der Waals surface area contributed by atoms with Crippen molar-refractivity contribution in [3.8, 4) is 0 Å². The van der Waals surface area contributed by atoms with Gasteiger partial charge >= 0.3 is 5.97 Å². The average Bonchev–Trinajstić information content (AvgIpc) is 3.46. The lowest BCUT2D eigenvalue weighted by atomic mass is 10.0. The van der Waals surface area contributed by atoms with Crippen LogP contribution in [0.3, 0.4) is 0 Å². The molecule has 0 aromatic rings. The minimum Gasteiger partial charge on any atom is -0.465 e. The first kappa shape index (κ1) is 51.1. The highest BCUT2D eigenvalue weighted by Crippen LogP contribution is 2.21. The van der Waals surface area contributed by atoms with Crippen molar-refractivity contribution in [1.82, 2.24) is 15.1 Å². The van der Waals surface area contributed by atoms with E-state index in [2.05, 4.69) is 57.0 Å². The van der Waals surface area contributed by atoms with E-state index in [1.165, 1.54) is 96.3 Å². The van der Waals surface area contributed by atoms with E-state index in [-0.39, 0.29) is 29.9 Å². The molecule has 7 heteroatoms. The molecule has 1 aliphatic rings. The summed E-state index contributed by atoms with van der Waals surface area (Å²) in [6.07, 6.45) is 36.9. The lowest BCUT2D eigenvalue weighted by Gasteiger charge is -2.33. The largest absolute Gasteiger partial charge is 0.465 e. The Kier molecular flexibility index (Phi) is 33.9. The number of esters is 1. The van der Waals surface area contributed by atoms with Gasteiger partial charge in [-0.05, 0) is 89.8 Å². The van der Waals surface area contributed by atoms with Gasteiger partial charge in [0.05, 0.1) is 6.61 Å². The van der Waals surface area contributed by atoms with Gasteiger partial charge in [-0.3, -0.25) is 14.4 Å². The molecule has 0 aromatic heterocycles. The first-order valence-electron chi connectivity index (χ1n) is 24.0. The molecule has 322 valence electrons. The van der Waals surface area contributed by atoms with Crippen molar-refractivity contribution in [3.05, 3.63) is 12.2 Å². The van der Waals surface area contributed by atoms with E-state index in [4.69, 9.17) is 4.74 Å². The molecule has 0 radical (unpaired) electrons. The normalized spacial score (nSPS) is 14.9. The summed E-state index contributed by atoms with van der Waals surface area (Å²) in [5.74, 6) is 0.632. The number of amides is 2. The van der Waals surface area contributed by atoms with E-state index in [1.54, 1.807) is 0 Å². The smallest absolute Gasteiger partial charge is 0.305 e. The van der Waals surface area contributed by atoms with Crippen molar-refractivity contribution in [2.45, 2.75) is 239 Å². The van der Waals surface area contributed by atoms with Gasteiger partial charge in [-0.2, -0.15) is 0 Å². The van der Waals surface area contributed by atoms with Gasteiger partial charge in [-0.25, -0.2) is 0 Å². The van der Waals surface area contributed by atoms with Gasteiger partial charge in [0, 0.05) is 25.4 Å². The van der Waals surface area contributed by atoms with Gasteiger partial charge in [-0.1, -0.05) is 162 Å². The van der Waals surface area contributed by atoms with Gasteiger partial charge in [0.25, 0.3) is 0 Å². The molecule has 0 aliphatic heterocycles. The third-order valence-electron chi connectivity index (χ3n) is 12.0. The first-order chi connectivity index (χ1) is 26.9. The van der Waals surface area contributed by atoms with Gasteiger partial charge in [0.1, 0.15) is 6.04 Å². The maximum Gasteiger partial charge on any atom is 0.305 e. The minimum absolute atomic E-state index is 0.0696. The van der Waals surface area contributed by atoms with Crippen LogP contribution in [-0.2, 0) is 19.1 Å². The minimum atomic E-state index is -0.382. The monoisotopic (exact) mass is 774 g/mol. The third kappa shape index (κ3) is 27.4. The maximum atomic E-state index is 14.1. The van der Waals surface area contributed by atoms with Crippen LogP contribution in [0.25, 0.3) is 0 Å². The Hall–Kier alpha value is -1.89. The van der Waals surface area contributed by atoms with Crippen LogP contribution >= 0.6 is 0 Å². The van der Waals surface area contributed by atoms with Crippen LogP contribution in [-0.4, -0.2) is 72.5 Å². The van der Waals surface area contributed by atoms with Crippen LogP contribution in [0.1, 0.15) is 227 Å². The van der Waals surface area contributed by atoms with Crippen LogP contribution in [0.4, 0.5) is 0 Å². The number of hydrogen-bond donors (Lipinski definition) is 1. The molecular weight excluding hydrogens is 683 g/mol. The zero-order chi connectivity index (χ0) is 40.2. The molecular formula is C48H91N3O4. The van der Waals surface area contributed by atoms with Crippen LogP contribution in [0.2, 0.25) is 0 Å². The van der Waals surface area contributed by atoms with Crippen LogP contribution in [0, 0.1) is 5.92 Å². The van der Waals surface area contributed by atoms with Gasteiger partial charge in [0.15, 0.2) is 0 Å². The van der Waals surface area contributed by atoms with Gasteiger partial charge in [-0.15, -0.1) is 0 Å². The summed E-state index contributed by atoms with van der Waals surface area (Å²) in [5.41, 5.74) is 0. The second kappa shape index (κ2) is 36.5. The summed E-state index contributed by atoms with van der Waals surface area (Å²) in [6.45, 7) is 15.2. The number of allylic oxidation sites excluding steroid dienone is 2. The number of hydrogen-bond acceptors (Lipinski definition) is 5. The molecule has 2 unspecified atom stereocenters. The summed E-state index contributed by atoms with van der Waals surface area (Å²) in [6, 6.07) is -0.148. The molecule has 1 N–H and O–H groups in total. The lowest BCUT2D eigenvalue weighted by molar-refractivity contribution is -0.145. The molecule has 0 heterocycles. The van der Waals surface area contributed by atoms with E-state index >= 15 is 0 Å². The quantitative estimate of drug-likeness (QED) is 0.0297. The molecule has 0 bridgehead atoms. The Morgan fingerprint density at radius 2 is 1.22 bits per heavy atom. The second-order valence-electron chi connectivity index (χ2n) is 16.7. The van der Waals surface area contributed by atoms with Crippen molar-refractivity contribution in [2.75, 3.05) is 32.8 Å². The summed E-state index contributed by atoms with van der Waals surface area (Å²) >= 11 is 0. The fraction of sp³-hybridized carbons (Fsp3) is 0.896. The number of unbranched alkanes of at least 4 members (excludes halogenated alkanes) is 14. The van der Waals surface area contributed by atoms with Crippen LogP contribution in [0.15, 0.2) is 12.2 Å². The fourth-order valence-corrected chi connectivity index (χ4v) is 8.05. The highest BCUT2D eigenvalue weighted by atomic mass is 16.5. The summed E-state index contributed by atoms with van der Waals surface area (Å²) in [4.78, 5) is 44.9. The lowest BCUT2D eigenvalue weighted by Crippen LogP contribution is -2.52. The Bertz CT molecular complexity index is 943. The third-order valence-corrected chi connectivity index (χ3v) is 12.0. The molecule has 1 saturated carbocycles. The number of carbonyl (C=O) groups is 3. The summed E-state index contributed by atoms with van der Waals surface area (Å²) in [5, 5.41) is 3.45. The topological polar surface area (TPSA) is 79.0 Å². The van der Waals surface area contributed by atoms with E-state index < -0.39 is 0 Å². The Balaban J connectivity index is 2.72. The van der Waals surface area contributed by atoms with Crippen molar-refractivity contribution < 1.29 is 19.1 Å². The molecule has 2 atom stereocenters. The van der Waals surface area contributed by atoms with E-state index in [0.29, 0.717) is 31.9 Å². The standard InChI is InChI=1S/C48H91N3O4/c1-6-11-13-14-15-16-17-18-19-20-21-23-30-37-45(48(54)49-44-35-28-26-27-29-36-44)51(41-33-40-50(9-4)10-5)46(52)38-31-24-22-25-32-39-47(53)55-42-43(8-3)34-12-7-2/h14-15,43-45H,6-13,16-42H2,1-5H3,(H,49,54)/b15-14-. The summed E-state index contributed by atoms with van der Waals surface area (Å²) < 4.78 is 5.59. The molecule has 7 nitrogen and oxygen atoms in total. The Morgan fingerprint density at radius 1 is 0.636 bits per heavy atom.